The molecule has 6 heteroatoms. The van der Waals surface area contributed by atoms with Crippen molar-refractivity contribution in [1.82, 2.24) is 0 Å². The third kappa shape index (κ3) is 9.38. The van der Waals surface area contributed by atoms with Crippen LogP contribution in [-0.4, -0.2) is 38.1 Å². The van der Waals surface area contributed by atoms with Gasteiger partial charge in [0.25, 0.3) is 0 Å². The summed E-state index contributed by atoms with van der Waals surface area (Å²) in [5.74, 6) is 0. The van der Waals surface area contributed by atoms with Crippen molar-refractivity contribution in [2.24, 2.45) is 5.73 Å². The maximum absolute atomic E-state index is 11.7. The fourth-order valence-corrected chi connectivity index (χ4v) is 1.18. The molecule has 0 rings (SSSR count). The summed E-state index contributed by atoms with van der Waals surface area (Å²) in [6.07, 6.45) is -2.18. The molecule has 0 heterocycles. The Morgan fingerprint density at radius 3 is 1.82 bits per heavy atom. The van der Waals surface area contributed by atoms with Gasteiger partial charge in [0.05, 0.1) is 6.61 Å². The quantitative estimate of drug-likeness (QED) is 0.645. The highest BCUT2D eigenvalue weighted by molar-refractivity contribution is 4.80. The lowest BCUT2D eigenvalue weighted by atomic mass is 9.96. The average Bonchev–Trinajstić information content (AvgIpc) is 2.26. The first-order valence-corrected chi connectivity index (χ1v) is 5.84. The van der Waals surface area contributed by atoms with E-state index in [1.54, 1.807) is 0 Å². The predicted molar refractivity (Wildman–Crippen MR) is 59.8 cm³/mol. The van der Waals surface area contributed by atoms with Crippen LogP contribution < -0.4 is 5.73 Å². The first-order valence-electron chi connectivity index (χ1n) is 5.84. The highest BCUT2D eigenvalue weighted by Gasteiger charge is 2.27. The summed E-state index contributed by atoms with van der Waals surface area (Å²) in [6, 6.07) is 0. The minimum atomic E-state index is -4.25. The maximum atomic E-state index is 11.7. The zero-order valence-corrected chi connectivity index (χ0v) is 10.5. The largest absolute Gasteiger partial charge is 0.411 e. The van der Waals surface area contributed by atoms with E-state index in [0.717, 1.165) is 12.8 Å². The Kier molecular flexibility index (Phi) is 7.74. The molecule has 0 aromatic heterocycles. The van der Waals surface area contributed by atoms with Gasteiger partial charge in [0, 0.05) is 18.8 Å². The Bertz CT molecular complexity index is 194. The number of hydrogen-bond donors (Lipinski definition) is 1. The second kappa shape index (κ2) is 7.89. The minimum absolute atomic E-state index is 0.0509. The molecule has 0 radical (unpaired) electrons. The molecule has 104 valence electrons. The summed E-state index contributed by atoms with van der Waals surface area (Å²) >= 11 is 0. The van der Waals surface area contributed by atoms with Gasteiger partial charge in [0.15, 0.2) is 0 Å². The number of ether oxygens (including phenoxy) is 2. The fourth-order valence-electron chi connectivity index (χ4n) is 1.18. The van der Waals surface area contributed by atoms with Gasteiger partial charge in [-0.05, 0) is 19.3 Å². The summed E-state index contributed by atoms with van der Waals surface area (Å²) < 4.78 is 44.9. The van der Waals surface area contributed by atoms with E-state index in [-0.39, 0.29) is 12.1 Å². The van der Waals surface area contributed by atoms with Crippen LogP contribution in [0.25, 0.3) is 0 Å². The summed E-state index contributed by atoms with van der Waals surface area (Å²) in [5, 5.41) is 0. The second-order valence-electron chi connectivity index (χ2n) is 4.14. The number of hydrogen-bond acceptors (Lipinski definition) is 3. The van der Waals surface area contributed by atoms with Crippen LogP contribution in [0.2, 0.25) is 0 Å². The Morgan fingerprint density at radius 2 is 1.41 bits per heavy atom. The number of halogens is 3. The van der Waals surface area contributed by atoms with Crippen LogP contribution >= 0.6 is 0 Å². The highest BCUT2D eigenvalue weighted by atomic mass is 19.4. The van der Waals surface area contributed by atoms with Crippen molar-refractivity contribution in [2.45, 2.75) is 44.8 Å². The molecule has 0 aliphatic carbocycles. The van der Waals surface area contributed by atoms with E-state index in [2.05, 4.69) is 4.74 Å². The van der Waals surface area contributed by atoms with Gasteiger partial charge in [-0.3, -0.25) is 0 Å². The monoisotopic (exact) mass is 257 g/mol. The molecule has 0 amide bonds. The van der Waals surface area contributed by atoms with E-state index in [4.69, 9.17) is 10.5 Å². The van der Waals surface area contributed by atoms with Gasteiger partial charge in [-0.1, -0.05) is 13.8 Å². The van der Waals surface area contributed by atoms with Gasteiger partial charge in [0.1, 0.15) is 6.61 Å². The molecule has 0 aliphatic rings. The van der Waals surface area contributed by atoms with Crippen LogP contribution in [0.1, 0.15) is 33.1 Å². The lowest BCUT2D eigenvalue weighted by Crippen LogP contribution is -2.43. The lowest BCUT2D eigenvalue weighted by Gasteiger charge is -2.26. The van der Waals surface area contributed by atoms with Crippen molar-refractivity contribution in [3.63, 3.8) is 0 Å². The van der Waals surface area contributed by atoms with Crippen molar-refractivity contribution < 1.29 is 22.6 Å². The maximum Gasteiger partial charge on any atom is 0.411 e. The Balaban J connectivity index is 3.41. The molecule has 3 nitrogen and oxygen atoms in total. The zero-order valence-electron chi connectivity index (χ0n) is 10.5. The molecule has 0 aromatic carbocycles. The Labute approximate surface area is 100 Å². The molecule has 2 N–H and O–H groups in total. The van der Waals surface area contributed by atoms with Gasteiger partial charge in [0.2, 0.25) is 0 Å². The SMILES string of the molecule is CCC(N)(CC)COCCCOCC(F)(F)F. The molecule has 0 fully saturated rings. The van der Waals surface area contributed by atoms with Crippen LogP contribution in [-0.2, 0) is 9.47 Å². The first-order chi connectivity index (χ1) is 7.83. The Hall–Kier alpha value is -0.330. The molecule has 0 aliphatic heterocycles. The van der Waals surface area contributed by atoms with Gasteiger partial charge < -0.3 is 15.2 Å². The van der Waals surface area contributed by atoms with Crippen molar-refractivity contribution in [1.29, 1.82) is 0 Å². The number of nitrogens with two attached hydrogens (primary N) is 1. The molecule has 17 heavy (non-hydrogen) atoms. The summed E-state index contributed by atoms with van der Waals surface area (Å²) in [5.41, 5.74) is 5.66. The second-order valence-corrected chi connectivity index (χ2v) is 4.14. The zero-order chi connectivity index (χ0) is 13.4. The lowest BCUT2D eigenvalue weighted by molar-refractivity contribution is -0.174. The predicted octanol–water partition coefficient (Wildman–Crippen LogP) is 2.49. The molecular weight excluding hydrogens is 235 g/mol. The summed E-state index contributed by atoms with van der Waals surface area (Å²) in [4.78, 5) is 0. The Morgan fingerprint density at radius 1 is 0.941 bits per heavy atom. The van der Waals surface area contributed by atoms with Crippen LogP contribution in [0.3, 0.4) is 0 Å². The van der Waals surface area contributed by atoms with E-state index in [0.29, 0.717) is 19.6 Å². The molecule has 0 atom stereocenters. The molecular formula is C11H22F3NO2. The van der Waals surface area contributed by atoms with Crippen molar-refractivity contribution in [3.05, 3.63) is 0 Å². The van der Waals surface area contributed by atoms with Crippen LogP contribution in [0.4, 0.5) is 13.2 Å². The molecule has 0 bridgehead atoms. The van der Waals surface area contributed by atoms with Crippen molar-refractivity contribution in [2.75, 3.05) is 26.4 Å². The smallest absolute Gasteiger partial charge is 0.379 e. The third-order valence-electron chi connectivity index (χ3n) is 2.64. The number of alkyl halides is 3. The number of rotatable bonds is 9. The van der Waals surface area contributed by atoms with E-state index in [1.165, 1.54) is 0 Å². The van der Waals surface area contributed by atoms with Crippen molar-refractivity contribution in [3.8, 4) is 0 Å². The van der Waals surface area contributed by atoms with Gasteiger partial charge in [-0.25, -0.2) is 0 Å². The van der Waals surface area contributed by atoms with E-state index in [1.807, 2.05) is 13.8 Å². The molecule has 0 aromatic rings. The van der Waals surface area contributed by atoms with Gasteiger partial charge in [-0.2, -0.15) is 13.2 Å². The van der Waals surface area contributed by atoms with E-state index in [9.17, 15) is 13.2 Å². The average molecular weight is 257 g/mol. The van der Waals surface area contributed by atoms with E-state index < -0.39 is 12.8 Å². The molecule has 0 unspecified atom stereocenters. The van der Waals surface area contributed by atoms with E-state index >= 15 is 0 Å². The standard InChI is InChI=1S/C11H22F3NO2/c1-3-10(15,4-2)8-16-6-5-7-17-9-11(12,13)14/h3-9,15H2,1-2H3. The van der Waals surface area contributed by atoms with Crippen LogP contribution in [0.5, 0.6) is 0 Å². The minimum Gasteiger partial charge on any atom is -0.379 e. The summed E-state index contributed by atoms with van der Waals surface area (Å²) in [7, 11) is 0. The van der Waals surface area contributed by atoms with Crippen LogP contribution in [0.15, 0.2) is 0 Å². The first kappa shape index (κ1) is 16.7. The van der Waals surface area contributed by atoms with Crippen molar-refractivity contribution >= 4 is 0 Å². The molecule has 0 spiro atoms. The molecule has 0 saturated carbocycles. The summed E-state index contributed by atoms with van der Waals surface area (Å²) in [6.45, 7) is 3.63. The van der Waals surface area contributed by atoms with Gasteiger partial charge in [-0.15, -0.1) is 0 Å². The molecule has 0 saturated heterocycles. The topological polar surface area (TPSA) is 44.5 Å². The fraction of sp³-hybridized carbons (Fsp3) is 1.00. The third-order valence-corrected chi connectivity index (χ3v) is 2.64. The normalized spacial score (nSPS) is 13.1. The highest BCUT2D eigenvalue weighted by Crippen LogP contribution is 2.14. The van der Waals surface area contributed by atoms with Crippen LogP contribution in [0, 0.1) is 0 Å². The van der Waals surface area contributed by atoms with Gasteiger partial charge >= 0.3 is 6.18 Å².